The lowest BCUT2D eigenvalue weighted by atomic mass is 10.1. The lowest BCUT2D eigenvalue weighted by Gasteiger charge is -2.24. The summed E-state index contributed by atoms with van der Waals surface area (Å²) in [7, 11) is 0. The number of nitriles is 1. The van der Waals surface area contributed by atoms with Crippen LogP contribution in [0.3, 0.4) is 0 Å². The first-order valence-electron chi connectivity index (χ1n) is 9.29. The fraction of sp³-hybridized carbons (Fsp3) is 0.571. The second-order valence-electron chi connectivity index (χ2n) is 7.05. The summed E-state index contributed by atoms with van der Waals surface area (Å²) in [6, 6.07) is 7.83. The molecule has 1 aromatic rings. The molecule has 1 aromatic carbocycles. The van der Waals surface area contributed by atoms with Crippen molar-refractivity contribution in [2.24, 2.45) is 5.92 Å². The zero-order valence-electron chi connectivity index (χ0n) is 16.9. The molecular weight excluding hydrogens is 344 g/mol. The van der Waals surface area contributed by atoms with Crippen LogP contribution < -0.4 is 4.90 Å². The third-order valence-electron chi connectivity index (χ3n) is 4.14. The Morgan fingerprint density at radius 1 is 1.22 bits per heavy atom. The van der Waals surface area contributed by atoms with E-state index >= 15 is 0 Å². The molecule has 1 rings (SSSR count). The van der Waals surface area contributed by atoms with Crippen molar-refractivity contribution < 1.29 is 19.1 Å². The summed E-state index contributed by atoms with van der Waals surface area (Å²) in [6.07, 6.45) is 0.331. The van der Waals surface area contributed by atoms with Crippen LogP contribution in [0.4, 0.5) is 5.69 Å². The molecule has 0 aliphatic heterocycles. The molecule has 0 saturated carbocycles. The Kier molecular flexibility index (Phi) is 9.52. The molecule has 0 radical (unpaired) electrons. The molecule has 1 amide bonds. The largest absolute Gasteiger partial charge is 0.454 e. The van der Waals surface area contributed by atoms with E-state index in [0.717, 1.165) is 23.2 Å². The number of esters is 1. The van der Waals surface area contributed by atoms with Gasteiger partial charge < -0.3 is 14.4 Å². The van der Waals surface area contributed by atoms with Crippen molar-refractivity contribution >= 4 is 17.6 Å². The van der Waals surface area contributed by atoms with Crippen LogP contribution in [-0.2, 0) is 19.1 Å². The smallest absolute Gasteiger partial charge is 0.335 e. The fourth-order valence-corrected chi connectivity index (χ4v) is 2.43. The monoisotopic (exact) mass is 374 g/mol. The van der Waals surface area contributed by atoms with E-state index in [2.05, 4.69) is 19.9 Å². The van der Waals surface area contributed by atoms with Gasteiger partial charge in [0.1, 0.15) is 0 Å². The van der Waals surface area contributed by atoms with E-state index in [1.807, 2.05) is 32.0 Å². The van der Waals surface area contributed by atoms with Crippen molar-refractivity contribution in [3.05, 3.63) is 29.3 Å². The SMILES string of the molecule is Cc1ccc(C)c(N(CCC#N)C(=O)COC(=O)C(C)OCCC(C)C)c1. The Hall–Kier alpha value is -2.39. The van der Waals surface area contributed by atoms with Crippen LogP contribution in [0.15, 0.2) is 18.2 Å². The number of hydrogen-bond acceptors (Lipinski definition) is 5. The van der Waals surface area contributed by atoms with Crippen LogP contribution in [0.1, 0.15) is 44.7 Å². The number of nitrogens with zero attached hydrogens (tertiary/aromatic N) is 2. The number of amides is 1. The highest BCUT2D eigenvalue weighted by Crippen LogP contribution is 2.22. The highest BCUT2D eigenvalue weighted by molar-refractivity contribution is 5.96. The van der Waals surface area contributed by atoms with Gasteiger partial charge in [0.05, 0.1) is 12.5 Å². The highest BCUT2D eigenvalue weighted by Gasteiger charge is 2.21. The maximum absolute atomic E-state index is 12.6. The third kappa shape index (κ3) is 7.79. The van der Waals surface area contributed by atoms with E-state index in [1.165, 1.54) is 4.90 Å². The van der Waals surface area contributed by atoms with Gasteiger partial charge in [-0.05, 0) is 50.3 Å². The first kappa shape index (κ1) is 22.7. The first-order valence-corrected chi connectivity index (χ1v) is 9.29. The zero-order chi connectivity index (χ0) is 20.4. The first-order chi connectivity index (χ1) is 12.8. The van der Waals surface area contributed by atoms with Gasteiger partial charge in [0.2, 0.25) is 0 Å². The maximum atomic E-state index is 12.6. The van der Waals surface area contributed by atoms with Crippen molar-refractivity contribution in [2.75, 3.05) is 24.7 Å². The number of anilines is 1. The van der Waals surface area contributed by atoms with Gasteiger partial charge in [0, 0.05) is 18.8 Å². The van der Waals surface area contributed by atoms with Crippen LogP contribution in [0.2, 0.25) is 0 Å². The van der Waals surface area contributed by atoms with Crippen LogP contribution in [0, 0.1) is 31.1 Å². The number of aryl methyl sites for hydroxylation is 2. The summed E-state index contributed by atoms with van der Waals surface area (Å²) < 4.78 is 10.6. The molecule has 0 spiro atoms. The predicted molar refractivity (Wildman–Crippen MR) is 104 cm³/mol. The van der Waals surface area contributed by atoms with Crippen molar-refractivity contribution in [1.82, 2.24) is 0 Å². The minimum Gasteiger partial charge on any atom is -0.454 e. The van der Waals surface area contributed by atoms with E-state index in [0.29, 0.717) is 12.5 Å². The molecule has 0 bridgehead atoms. The van der Waals surface area contributed by atoms with Crippen LogP contribution in [0.5, 0.6) is 0 Å². The van der Waals surface area contributed by atoms with Crippen molar-refractivity contribution in [3.8, 4) is 6.07 Å². The standard InChI is InChI=1S/C21H30N2O4/c1-15(2)9-12-26-18(5)21(25)27-14-20(24)23(11-6-10-22)19-13-16(3)7-8-17(19)4/h7-8,13,15,18H,6,9,11-12,14H2,1-5H3. The van der Waals surface area contributed by atoms with E-state index in [-0.39, 0.29) is 25.5 Å². The number of carbonyl (C=O) groups excluding carboxylic acids is 2. The van der Waals surface area contributed by atoms with Gasteiger partial charge in [0.15, 0.2) is 12.7 Å². The van der Waals surface area contributed by atoms with Gasteiger partial charge in [-0.25, -0.2) is 4.79 Å². The summed E-state index contributed by atoms with van der Waals surface area (Å²) in [5.74, 6) is -0.434. The minimum atomic E-state index is -0.718. The number of carbonyl (C=O) groups is 2. The number of ether oxygens (including phenoxy) is 2. The van der Waals surface area contributed by atoms with Gasteiger partial charge in [0.25, 0.3) is 5.91 Å². The van der Waals surface area contributed by atoms with E-state index in [1.54, 1.807) is 6.92 Å². The average molecular weight is 374 g/mol. The molecule has 148 valence electrons. The molecule has 0 aromatic heterocycles. The lowest BCUT2D eigenvalue weighted by molar-refractivity contribution is -0.158. The quantitative estimate of drug-likeness (QED) is 0.585. The van der Waals surface area contributed by atoms with Gasteiger partial charge in [-0.1, -0.05) is 26.0 Å². The zero-order valence-corrected chi connectivity index (χ0v) is 16.9. The van der Waals surface area contributed by atoms with Gasteiger partial charge in [-0.3, -0.25) is 4.79 Å². The summed E-state index contributed by atoms with van der Waals surface area (Å²) in [4.78, 5) is 26.2. The summed E-state index contributed by atoms with van der Waals surface area (Å²) in [6.45, 7) is 9.95. The van der Waals surface area contributed by atoms with Gasteiger partial charge in [-0.2, -0.15) is 5.26 Å². The second-order valence-corrected chi connectivity index (χ2v) is 7.05. The average Bonchev–Trinajstić information content (AvgIpc) is 2.62. The maximum Gasteiger partial charge on any atom is 0.335 e. The molecule has 0 heterocycles. The molecule has 27 heavy (non-hydrogen) atoms. The van der Waals surface area contributed by atoms with E-state index < -0.39 is 12.1 Å². The lowest BCUT2D eigenvalue weighted by Crippen LogP contribution is -2.37. The topological polar surface area (TPSA) is 79.6 Å². The molecule has 6 heteroatoms. The third-order valence-corrected chi connectivity index (χ3v) is 4.14. The van der Waals surface area contributed by atoms with E-state index in [9.17, 15) is 9.59 Å². The predicted octanol–water partition coefficient (Wildman–Crippen LogP) is 3.54. The van der Waals surface area contributed by atoms with Crippen LogP contribution >= 0.6 is 0 Å². The molecule has 0 aliphatic carbocycles. The molecule has 0 aliphatic rings. The normalized spacial score (nSPS) is 11.7. The Morgan fingerprint density at radius 2 is 1.93 bits per heavy atom. The van der Waals surface area contributed by atoms with Crippen molar-refractivity contribution in [2.45, 2.75) is 53.6 Å². The minimum absolute atomic E-state index is 0.196. The Labute approximate surface area is 162 Å². The summed E-state index contributed by atoms with van der Waals surface area (Å²) in [5.41, 5.74) is 2.66. The fourth-order valence-electron chi connectivity index (χ4n) is 2.43. The Bertz CT molecular complexity index is 679. The molecule has 0 N–H and O–H groups in total. The molecule has 1 atom stereocenters. The Morgan fingerprint density at radius 3 is 2.56 bits per heavy atom. The van der Waals surface area contributed by atoms with Crippen LogP contribution in [0.25, 0.3) is 0 Å². The van der Waals surface area contributed by atoms with Gasteiger partial charge in [-0.15, -0.1) is 0 Å². The molecular formula is C21H30N2O4. The van der Waals surface area contributed by atoms with Gasteiger partial charge >= 0.3 is 5.97 Å². The number of hydrogen-bond donors (Lipinski definition) is 0. The summed E-state index contributed by atoms with van der Waals surface area (Å²) >= 11 is 0. The molecule has 1 unspecified atom stereocenters. The number of rotatable bonds is 10. The molecule has 0 saturated heterocycles. The van der Waals surface area contributed by atoms with Crippen molar-refractivity contribution in [3.63, 3.8) is 0 Å². The van der Waals surface area contributed by atoms with E-state index in [4.69, 9.17) is 14.7 Å². The number of benzene rings is 1. The van der Waals surface area contributed by atoms with Crippen LogP contribution in [-0.4, -0.2) is 37.7 Å². The second kappa shape index (κ2) is 11.3. The molecule has 0 fully saturated rings. The summed E-state index contributed by atoms with van der Waals surface area (Å²) in [5, 5.41) is 8.89. The highest BCUT2D eigenvalue weighted by atomic mass is 16.6. The Balaban J connectivity index is 2.70. The molecule has 6 nitrogen and oxygen atoms in total. The van der Waals surface area contributed by atoms with Crippen molar-refractivity contribution in [1.29, 1.82) is 5.26 Å².